The van der Waals surface area contributed by atoms with E-state index in [1.165, 1.54) is 0 Å². The van der Waals surface area contributed by atoms with E-state index in [1.54, 1.807) is 18.3 Å². The molecule has 32 heavy (non-hydrogen) atoms. The van der Waals surface area contributed by atoms with Crippen molar-refractivity contribution < 1.29 is 9.21 Å². The number of carbonyl (C=O) groups excluding carboxylic acids is 1. The van der Waals surface area contributed by atoms with Gasteiger partial charge in [-0.3, -0.25) is 9.78 Å². The summed E-state index contributed by atoms with van der Waals surface area (Å²) < 4.78 is 5.72. The molecular weight excluding hydrogens is 420 g/mol. The first kappa shape index (κ1) is 19.7. The number of pyridine rings is 1. The van der Waals surface area contributed by atoms with E-state index in [2.05, 4.69) is 20.9 Å². The SMILES string of the molecule is O=C(Nc1ccc(NC(=S)Nc2cc3ccccc3o2)cc1)c1nccc2ccccc12. The Kier molecular flexibility index (Phi) is 5.23. The van der Waals surface area contributed by atoms with Gasteiger partial charge in [0.15, 0.2) is 11.0 Å². The van der Waals surface area contributed by atoms with Crippen LogP contribution in [0.5, 0.6) is 0 Å². The first-order valence-electron chi connectivity index (χ1n) is 9.97. The lowest BCUT2D eigenvalue weighted by atomic mass is 10.1. The molecule has 5 aromatic rings. The number of fused-ring (bicyclic) bond motifs is 2. The quantitative estimate of drug-likeness (QED) is 0.297. The van der Waals surface area contributed by atoms with Crippen LogP contribution in [-0.2, 0) is 0 Å². The van der Waals surface area contributed by atoms with Crippen LogP contribution in [0, 0.1) is 0 Å². The summed E-state index contributed by atoms with van der Waals surface area (Å²) >= 11 is 5.37. The number of nitrogens with one attached hydrogen (secondary N) is 3. The molecule has 0 aliphatic carbocycles. The second-order valence-corrected chi connectivity index (χ2v) is 7.55. The van der Waals surface area contributed by atoms with Gasteiger partial charge in [-0.25, -0.2) is 0 Å². The maximum absolute atomic E-state index is 12.7. The zero-order valence-corrected chi connectivity index (χ0v) is 17.6. The van der Waals surface area contributed by atoms with Gasteiger partial charge in [-0.15, -0.1) is 0 Å². The summed E-state index contributed by atoms with van der Waals surface area (Å²) in [4.78, 5) is 17.0. The smallest absolute Gasteiger partial charge is 0.274 e. The zero-order chi connectivity index (χ0) is 21.9. The first-order valence-corrected chi connectivity index (χ1v) is 10.4. The van der Waals surface area contributed by atoms with Crippen molar-refractivity contribution in [1.29, 1.82) is 0 Å². The molecule has 0 radical (unpaired) electrons. The number of carbonyl (C=O) groups is 1. The second-order valence-electron chi connectivity index (χ2n) is 7.14. The number of furan rings is 1. The molecule has 1 amide bonds. The number of hydrogen-bond acceptors (Lipinski definition) is 4. The van der Waals surface area contributed by atoms with Crippen molar-refractivity contribution in [2.75, 3.05) is 16.0 Å². The van der Waals surface area contributed by atoms with Crippen LogP contribution in [0.1, 0.15) is 10.5 Å². The van der Waals surface area contributed by atoms with Gasteiger partial charge in [0.2, 0.25) is 0 Å². The van der Waals surface area contributed by atoms with Crippen LogP contribution in [0.2, 0.25) is 0 Å². The third-order valence-corrected chi connectivity index (χ3v) is 5.16. The molecule has 0 aliphatic rings. The Morgan fingerprint density at radius 3 is 2.25 bits per heavy atom. The molecular formula is C25H18N4O2S. The van der Waals surface area contributed by atoms with Gasteiger partial charge in [0.05, 0.1) is 0 Å². The van der Waals surface area contributed by atoms with Gasteiger partial charge in [-0.2, -0.15) is 0 Å². The molecule has 0 unspecified atom stereocenters. The Bertz CT molecular complexity index is 1410. The van der Waals surface area contributed by atoms with E-state index >= 15 is 0 Å². The summed E-state index contributed by atoms with van der Waals surface area (Å²) in [6.45, 7) is 0. The molecule has 156 valence electrons. The number of benzene rings is 3. The number of nitrogens with zero attached hydrogens (tertiary/aromatic N) is 1. The van der Waals surface area contributed by atoms with Crippen LogP contribution in [0.25, 0.3) is 21.7 Å². The Morgan fingerprint density at radius 1 is 0.781 bits per heavy atom. The summed E-state index contributed by atoms with van der Waals surface area (Å²) in [6.07, 6.45) is 1.64. The Morgan fingerprint density at radius 2 is 1.47 bits per heavy atom. The van der Waals surface area contributed by atoms with Gasteiger partial charge >= 0.3 is 0 Å². The molecule has 0 fully saturated rings. The monoisotopic (exact) mass is 438 g/mol. The van der Waals surface area contributed by atoms with Crippen LogP contribution in [0.15, 0.2) is 95.5 Å². The zero-order valence-electron chi connectivity index (χ0n) is 16.8. The largest absolute Gasteiger partial charge is 0.440 e. The van der Waals surface area contributed by atoms with E-state index in [1.807, 2.05) is 72.8 Å². The summed E-state index contributed by atoms with van der Waals surface area (Å²) in [5.41, 5.74) is 2.62. The summed E-state index contributed by atoms with van der Waals surface area (Å²) in [7, 11) is 0. The van der Waals surface area contributed by atoms with Gasteiger partial charge in [0.1, 0.15) is 11.3 Å². The molecule has 2 heterocycles. The standard InChI is InChI=1S/C25H18N4O2S/c30-24(23-20-7-3-1-5-16(20)13-14-26-23)27-18-9-11-19(12-10-18)28-25(32)29-22-15-17-6-2-4-8-21(17)31-22/h1-15H,(H,27,30)(H2,28,29,32). The minimum atomic E-state index is -0.260. The first-order chi connectivity index (χ1) is 15.7. The minimum absolute atomic E-state index is 0.260. The fourth-order valence-corrected chi connectivity index (χ4v) is 3.66. The van der Waals surface area contributed by atoms with Crippen LogP contribution < -0.4 is 16.0 Å². The number of aromatic nitrogens is 1. The fraction of sp³-hybridized carbons (Fsp3) is 0. The van der Waals surface area contributed by atoms with E-state index in [0.717, 1.165) is 27.4 Å². The van der Waals surface area contributed by atoms with Gasteiger partial charge < -0.3 is 20.4 Å². The number of anilines is 3. The van der Waals surface area contributed by atoms with Crippen LogP contribution in [-0.4, -0.2) is 16.0 Å². The number of amides is 1. The predicted molar refractivity (Wildman–Crippen MR) is 132 cm³/mol. The van der Waals surface area contributed by atoms with Crippen LogP contribution in [0.4, 0.5) is 17.3 Å². The Hall–Kier alpha value is -4.23. The van der Waals surface area contributed by atoms with Crippen molar-refractivity contribution in [3.05, 3.63) is 96.8 Å². The molecule has 6 nitrogen and oxygen atoms in total. The number of para-hydroxylation sites is 1. The van der Waals surface area contributed by atoms with Gasteiger partial charge in [-0.05, 0) is 54.0 Å². The van der Waals surface area contributed by atoms with Crippen molar-refractivity contribution in [1.82, 2.24) is 4.98 Å². The molecule has 0 atom stereocenters. The lowest BCUT2D eigenvalue weighted by Crippen LogP contribution is -2.18. The van der Waals surface area contributed by atoms with Gasteiger partial charge in [-0.1, -0.05) is 42.5 Å². The predicted octanol–water partition coefficient (Wildman–Crippen LogP) is 6.04. The van der Waals surface area contributed by atoms with Crippen molar-refractivity contribution in [2.24, 2.45) is 0 Å². The van der Waals surface area contributed by atoms with E-state index in [9.17, 15) is 4.79 Å². The fourth-order valence-electron chi connectivity index (χ4n) is 3.45. The molecule has 3 N–H and O–H groups in total. The summed E-state index contributed by atoms with van der Waals surface area (Å²) in [6, 6.07) is 26.5. The second kappa shape index (κ2) is 8.49. The van der Waals surface area contributed by atoms with E-state index in [4.69, 9.17) is 16.6 Å². The number of hydrogen-bond donors (Lipinski definition) is 3. The molecule has 5 rings (SSSR count). The third kappa shape index (κ3) is 4.14. The highest BCUT2D eigenvalue weighted by Crippen LogP contribution is 2.23. The maximum atomic E-state index is 12.7. The van der Waals surface area contributed by atoms with Gasteiger partial charge in [0.25, 0.3) is 5.91 Å². The van der Waals surface area contributed by atoms with Crippen molar-refractivity contribution in [3.63, 3.8) is 0 Å². The summed E-state index contributed by atoms with van der Waals surface area (Å²) in [5, 5.41) is 12.2. The molecule has 0 saturated heterocycles. The van der Waals surface area contributed by atoms with Gasteiger partial charge in [0, 0.05) is 34.4 Å². The Labute approximate surface area is 189 Å². The lowest BCUT2D eigenvalue weighted by Gasteiger charge is -2.10. The normalized spacial score (nSPS) is 10.8. The average Bonchev–Trinajstić information content (AvgIpc) is 3.22. The third-order valence-electron chi connectivity index (χ3n) is 4.95. The molecule has 0 bridgehead atoms. The van der Waals surface area contributed by atoms with E-state index < -0.39 is 0 Å². The molecule has 2 aromatic heterocycles. The highest BCUT2D eigenvalue weighted by Gasteiger charge is 2.12. The average molecular weight is 439 g/mol. The topological polar surface area (TPSA) is 79.2 Å². The molecule has 0 saturated carbocycles. The highest BCUT2D eigenvalue weighted by molar-refractivity contribution is 7.80. The van der Waals surface area contributed by atoms with Crippen molar-refractivity contribution in [3.8, 4) is 0 Å². The molecule has 0 spiro atoms. The lowest BCUT2D eigenvalue weighted by molar-refractivity contribution is 0.102. The van der Waals surface area contributed by atoms with Crippen LogP contribution in [0.3, 0.4) is 0 Å². The molecule has 0 aliphatic heterocycles. The molecule has 3 aromatic carbocycles. The minimum Gasteiger partial charge on any atom is -0.440 e. The number of thiocarbonyl (C=S) groups is 1. The van der Waals surface area contributed by atoms with E-state index in [-0.39, 0.29) is 5.91 Å². The van der Waals surface area contributed by atoms with Crippen molar-refractivity contribution >= 4 is 62.2 Å². The number of rotatable bonds is 4. The highest BCUT2D eigenvalue weighted by atomic mass is 32.1. The van der Waals surface area contributed by atoms with Crippen molar-refractivity contribution in [2.45, 2.75) is 0 Å². The maximum Gasteiger partial charge on any atom is 0.274 e. The van der Waals surface area contributed by atoms with Crippen LogP contribution >= 0.6 is 12.2 Å². The Balaban J connectivity index is 1.23. The van der Waals surface area contributed by atoms with E-state index in [0.29, 0.717) is 22.4 Å². The summed E-state index contributed by atoms with van der Waals surface area (Å²) in [5.74, 6) is 0.305. The molecule has 7 heteroatoms.